The average molecular weight is 426 g/mol. The maximum atomic E-state index is 12.6. The van der Waals surface area contributed by atoms with Crippen LogP contribution in [0.5, 0.6) is 5.75 Å². The summed E-state index contributed by atoms with van der Waals surface area (Å²) < 4.78 is 7.38. The molecule has 0 radical (unpaired) electrons. The van der Waals surface area contributed by atoms with Gasteiger partial charge in [0.1, 0.15) is 10.9 Å². The molecular formula is C24H28ClN3O2. The van der Waals surface area contributed by atoms with Crippen LogP contribution in [-0.4, -0.2) is 28.8 Å². The maximum absolute atomic E-state index is 12.6. The Labute approximate surface area is 183 Å². The van der Waals surface area contributed by atoms with Gasteiger partial charge in [-0.15, -0.1) is 0 Å². The standard InChI is InChI=1S/C24H28ClN3O2/c1-17-6-10-20(11-7-17)16-28-23(25)22(19(3)27-28)24(29)26-14-4-5-15-30-21-12-8-18(2)9-13-21/h6-13H,4-5,14-16H2,1-3H3,(H,26,29). The van der Waals surface area contributed by atoms with E-state index in [-0.39, 0.29) is 5.91 Å². The van der Waals surface area contributed by atoms with E-state index in [1.807, 2.05) is 57.2 Å². The van der Waals surface area contributed by atoms with Crippen molar-refractivity contribution in [1.29, 1.82) is 0 Å². The van der Waals surface area contributed by atoms with Gasteiger partial charge in [0.25, 0.3) is 5.91 Å². The quantitative estimate of drug-likeness (QED) is 0.485. The topological polar surface area (TPSA) is 56.2 Å². The van der Waals surface area contributed by atoms with Gasteiger partial charge in [0, 0.05) is 6.54 Å². The normalized spacial score (nSPS) is 10.8. The molecule has 0 bridgehead atoms. The molecular weight excluding hydrogens is 398 g/mol. The van der Waals surface area contributed by atoms with Crippen LogP contribution in [-0.2, 0) is 6.54 Å². The number of halogens is 1. The molecule has 1 heterocycles. The first-order chi connectivity index (χ1) is 14.4. The summed E-state index contributed by atoms with van der Waals surface area (Å²) in [6.07, 6.45) is 1.68. The molecule has 0 fully saturated rings. The van der Waals surface area contributed by atoms with Crippen molar-refractivity contribution < 1.29 is 9.53 Å². The highest BCUT2D eigenvalue weighted by atomic mass is 35.5. The molecule has 0 saturated heterocycles. The number of carbonyl (C=O) groups excluding carboxylic acids is 1. The second-order valence-corrected chi connectivity index (χ2v) is 7.88. The predicted molar refractivity (Wildman–Crippen MR) is 120 cm³/mol. The van der Waals surface area contributed by atoms with E-state index in [0.29, 0.717) is 36.1 Å². The molecule has 30 heavy (non-hydrogen) atoms. The lowest BCUT2D eigenvalue weighted by molar-refractivity contribution is 0.0952. The van der Waals surface area contributed by atoms with E-state index >= 15 is 0 Å². The van der Waals surface area contributed by atoms with Gasteiger partial charge in [-0.05, 0) is 51.3 Å². The number of nitrogens with zero attached hydrogens (tertiary/aromatic N) is 2. The molecule has 0 aliphatic carbocycles. The zero-order chi connectivity index (χ0) is 21.5. The molecule has 5 nitrogen and oxygen atoms in total. The monoisotopic (exact) mass is 425 g/mol. The van der Waals surface area contributed by atoms with Crippen molar-refractivity contribution in [1.82, 2.24) is 15.1 Å². The van der Waals surface area contributed by atoms with E-state index in [4.69, 9.17) is 16.3 Å². The van der Waals surface area contributed by atoms with Gasteiger partial charge in [-0.1, -0.05) is 59.1 Å². The highest BCUT2D eigenvalue weighted by molar-refractivity contribution is 6.33. The fourth-order valence-electron chi connectivity index (χ4n) is 3.12. The van der Waals surface area contributed by atoms with E-state index in [0.717, 1.165) is 24.2 Å². The minimum absolute atomic E-state index is 0.188. The van der Waals surface area contributed by atoms with Crippen molar-refractivity contribution in [2.24, 2.45) is 0 Å². The van der Waals surface area contributed by atoms with Crippen LogP contribution in [0.3, 0.4) is 0 Å². The van der Waals surface area contributed by atoms with Crippen molar-refractivity contribution in [2.45, 2.75) is 40.2 Å². The Kier molecular flexibility index (Phi) is 7.52. The molecule has 3 rings (SSSR count). The van der Waals surface area contributed by atoms with Crippen molar-refractivity contribution in [3.05, 3.63) is 81.6 Å². The molecule has 0 spiro atoms. The summed E-state index contributed by atoms with van der Waals surface area (Å²) in [5, 5.41) is 7.76. The molecule has 0 aliphatic heterocycles. The minimum Gasteiger partial charge on any atom is -0.494 e. The summed E-state index contributed by atoms with van der Waals surface area (Å²) in [5.41, 5.74) is 4.57. The Bertz CT molecular complexity index is 979. The number of hydrogen-bond donors (Lipinski definition) is 1. The van der Waals surface area contributed by atoms with E-state index in [9.17, 15) is 4.79 Å². The highest BCUT2D eigenvalue weighted by Gasteiger charge is 2.20. The summed E-state index contributed by atoms with van der Waals surface area (Å²) in [5.74, 6) is 0.681. The Morgan fingerprint density at radius 3 is 2.30 bits per heavy atom. The van der Waals surface area contributed by atoms with Crippen LogP contribution in [0.1, 0.15) is 45.6 Å². The molecule has 0 unspecified atom stereocenters. The number of amides is 1. The van der Waals surface area contributed by atoms with Gasteiger partial charge < -0.3 is 10.1 Å². The van der Waals surface area contributed by atoms with Crippen molar-refractivity contribution in [2.75, 3.05) is 13.2 Å². The van der Waals surface area contributed by atoms with Crippen LogP contribution in [0.15, 0.2) is 48.5 Å². The largest absolute Gasteiger partial charge is 0.494 e. The Balaban J connectivity index is 1.46. The number of unbranched alkanes of at least 4 members (excludes halogenated alkanes) is 1. The number of hydrogen-bond acceptors (Lipinski definition) is 3. The van der Waals surface area contributed by atoms with E-state index in [1.54, 1.807) is 4.68 Å². The van der Waals surface area contributed by atoms with Gasteiger partial charge in [-0.2, -0.15) is 5.10 Å². The number of ether oxygens (including phenoxy) is 1. The molecule has 2 aromatic carbocycles. The van der Waals surface area contributed by atoms with E-state index in [1.165, 1.54) is 11.1 Å². The van der Waals surface area contributed by atoms with Crippen LogP contribution < -0.4 is 10.1 Å². The Morgan fingerprint density at radius 1 is 1.00 bits per heavy atom. The molecule has 1 N–H and O–H groups in total. The number of rotatable bonds is 9. The summed E-state index contributed by atoms with van der Waals surface area (Å²) >= 11 is 6.47. The average Bonchev–Trinajstić information content (AvgIpc) is 3.00. The lowest BCUT2D eigenvalue weighted by atomic mass is 10.1. The van der Waals surface area contributed by atoms with E-state index in [2.05, 4.69) is 22.5 Å². The third-order valence-electron chi connectivity index (χ3n) is 4.89. The van der Waals surface area contributed by atoms with Crippen molar-refractivity contribution in [3.8, 4) is 5.75 Å². The van der Waals surface area contributed by atoms with Crippen LogP contribution in [0.4, 0.5) is 0 Å². The summed E-state index contributed by atoms with van der Waals surface area (Å²) in [7, 11) is 0. The third-order valence-corrected chi connectivity index (χ3v) is 5.28. The van der Waals surface area contributed by atoms with Gasteiger partial charge in [-0.3, -0.25) is 4.79 Å². The second kappa shape index (κ2) is 10.3. The lowest BCUT2D eigenvalue weighted by Crippen LogP contribution is -2.25. The molecule has 1 aromatic heterocycles. The summed E-state index contributed by atoms with van der Waals surface area (Å²) in [6, 6.07) is 16.2. The zero-order valence-electron chi connectivity index (χ0n) is 17.7. The highest BCUT2D eigenvalue weighted by Crippen LogP contribution is 2.21. The summed E-state index contributed by atoms with van der Waals surface area (Å²) in [4.78, 5) is 12.6. The van der Waals surface area contributed by atoms with Crippen LogP contribution in [0.2, 0.25) is 5.15 Å². The van der Waals surface area contributed by atoms with Gasteiger partial charge in [0.05, 0.1) is 24.4 Å². The van der Waals surface area contributed by atoms with Crippen LogP contribution in [0, 0.1) is 20.8 Å². The maximum Gasteiger partial charge on any atom is 0.256 e. The van der Waals surface area contributed by atoms with Gasteiger partial charge in [0.2, 0.25) is 0 Å². The van der Waals surface area contributed by atoms with Gasteiger partial charge in [-0.25, -0.2) is 4.68 Å². The first-order valence-electron chi connectivity index (χ1n) is 10.2. The zero-order valence-corrected chi connectivity index (χ0v) is 18.5. The van der Waals surface area contributed by atoms with Crippen molar-refractivity contribution >= 4 is 17.5 Å². The van der Waals surface area contributed by atoms with E-state index < -0.39 is 0 Å². The first-order valence-corrected chi connectivity index (χ1v) is 10.6. The minimum atomic E-state index is -0.188. The number of aryl methyl sites for hydroxylation is 3. The van der Waals surface area contributed by atoms with Crippen molar-refractivity contribution in [3.63, 3.8) is 0 Å². The fourth-order valence-corrected chi connectivity index (χ4v) is 3.44. The third kappa shape index (κ3) is 5.86. The van der Waals surface area contributed by atoms with Gasteiger partial charge >= 0.3 is 0 Å². The Hall–Kier alpha value is -2.79. The number of aromatic nitrogens is 2. The molecule has 3 aromatic rings. The predicted octanol–water partition coefficient (Wildman–Crippen LogP) is 5.10. The second-order valence-electron chi connectivity index (χ2n) is 7.52. The number of nitrogens with one attached hydrogen (secondary N) is 1. The molecule has 6 heteroatoms. The van der Waals surface area contributed by atoms with Crippen LogP contribution >= 0.6 is 11.6 Å². The first kappa shape index (κ1) is 21.9. The SMILES string of the molecule is Cc1ccc(Cn2nc(C)c(C(=O)NCCCCOc3ccc(C)cc3)c2Cl)cc1. The smallest absolute Gasteiger partial charge is 0.256 e. The Morgan fingerprint density at radius 2 is 1.63 bits per heavy atom. The fraction of sp³-hybridized carbons (Fsp3) is 0.333. The van der Waals surface area contributed by atoms with Crippen LogP contribution in [0.25, 0.3) is 0 Å². The molecule has 0 atom stereocenters. The molecule has 158 valence electrons. The number of benzene rings is 2. The molecule has 0 aliphatic rings. The molecule has 0 saturated carbocycles. The van der Waals surface area contributed by atoms with Gasteiger partial charge in [0.15, 0.2) is 0 Å². The summed E-state index contributed by atoms with van der Waals surface area (Å²) in [6.45, 7) is 7.62. The number of carbonyl (C=O) groups is 1. The molecule has 1 amide bonds. The lowest BCUT2D eigenvalue weighted by Gasteiger charge is -2.08.